The normalized spacial score (nSPS) is 10.9. The molecule has 0 heterocycles. The highest BCUT2D eigenvalue weighted by molar-refractivity contribution is 5.60. The monoisotopic (exact) mass is 195 g/mol. The molecular weight excluding hydrogens is 181 g/mol. The number of benzene rings is 1. The van der Waals surface area contributed by atoms with Gasteiger partial charge in [-0.25, -0.2) is 4.39 Å². The van der Waals surface area contributed by atoms with E-state index in [-0.39, 0.29) is 5.82 Å². The molecule has 0 aromatic heterocycles. The van der Waals surface area contributed by atoms with Crippen LogP contribution in [0.1, 0.15) is 11.1 Å². The van der Waals surface area contributed by atoms with Gasteiger partial charge < -0.3 is 10.5 Å². The van der Waals surface area contributed by atoms with Crippen LogP contribution in [-0.4, -0.2) is 13.7 Å². The SMILES string of the molecule is COc1c(/C=C/CN)ccc(F)c1C. The Kier molecular flexibility index (Phi) is 3.65. The second-order valence-corrected chi connectivity index (χ2v) is 2.93. The molecule has 0 spiro atoms. The van der Waals surface area contributed by atoms with Gasteiger partial charge in [0.25, 0.3) is 0 Å². The minimum Gasteiger partial charge on any atom is -0.496 e. The fraction of sp³-hybridized carbons (Fsp3) is 0.273. The van der Waals surface area contributed by atoms with Crippen molar-refractivity contribution in [2.75, 3.05) is 13.7 Å². The van der Waals surface area contributed by atoms with Crippen molar-refractivity contribution < 1.29 is 9.13 Å². The summed E-state index contributed by atoms with van der Waals surface area (Å²) in [4.78, 5) is 0. The summed E-state index contributed by atoms with van der Waals surface area (Å²) in [5.41, 5.74) is 6.70. The van der Waals surface area contributed by atoms with Crippen molar-refractivity contribution in [2.45, 2.75) is 6.92 Å². The summed E-state index contributed by atoms with van der Waals surface area (Å²) in [6.45, 7) is 2.15. The van der Waals surface area contributed by atoms with Crippen LogP contribution >= 0.6 is 0 Å². The van der Waals surface area contributed by atoms with E-state index in [1.54, 1.807) is 19.1 Å². The quantitative estimate of drug-likeness (QED) is 0.801. The third kappa shape index (κ3) is 2.12. The van der Waals surface area contributed by atoms with Gasteiger partial charge in [-0.15, -0.1) is 0 Å². The Labute approximate surface area is 83.2 Å². The van der Waals surface area contributed by atoms with E-state index >= 15 is 0 Å². The molecule has 1 aromatic rings. The van der Waals surface area contributed by atoms with Crippen molar-refractivity contribution in [2.24, 2.45) is 5.73 Å². The van der Waals surface area contributed by atoms with Gasteiger partial charge in [0.05, 0.1) is 7.11 Å². The van der Waals surface area contributed by atoms with Gasteiger partial charge in [-0.3, -0.25) is 0 Å². The van der Waals surface area contributed by atoms with Crippen molar-refractivity contribution in [1.82, 2.24) is 0 Å². The zero-order chi connectivity index (χ0) is 10.6. The fourth-order valence-electron chi connectivity index (χ4n) is 1.29. The van der Waals surface area contributed by atoms with E-state index in [1.165, 1.54) is 13.2 Å². The lowest BCUT2D eigenvalue weighted by atomic mass is 10.1. The van der Waals surface area contributed by atoms with Gasteiger partial charge in [-0.2, -0.15) is 0 Å². The summed E-state index contributed by atoms with van der Waals surface area (Å²) in [6, 6.07) is 3.10. The lowest BCUT2D eigenvalue weighted by molar-refractivity contribution is 0.406. The molecule has 2 N–H and O–H groups in total. The van der Waals surface area contributed by atoms with Crippen LogP contribution in [0.25, 0.3) is 6.08 Å². The molecule has 0 amide bonds. The first-order valence-electron chi connectivity index (χ1n) is 4.40. The molecule has 0 bridgehead atoms. The van der Waals surface area contributed by atoms with Crippen molar-refractivity contribution in [3.05, 3.63) is 35.2 Å². The maximum atomic E-state index is 13.1. The highest BCUT2D eigenvalue weighted by Gasteiger charge is 2.07. The van der Waals surface area contributed by atoms with Crippen molar-refractivity contribution in [3.63, 3.8) is 0 Å². The number of hydrogen-bond donors (Lipinski definition) is 1. The first kappa shape index (κ1) is 10.7. The Bertz CT molecular complexity index is 347. The average Bonchev–Trinajstić information content (AvgIpc) is 2.20. The molecule has 1 rings (SSSR count). The van der Waals surface area contributed by atoms with Gasteiger partial charge >= 0.3 is 0 Å². The standard InChI is InChI=1S/C11H14FNO/c1-8-10(12)6-5-9(4-3-7-13)11(8)14-2/h3-6H,7,13H2,1-2H3/b4-3+. The topological polar surface area (TPSA) is 35.2 Å². The summed E-state index contributed by atoms with van der Waals surface area (Å²) in [5.74, 6) is 0.307. The fourth-order valence-corrected chi connectivity index (χ4v) is 1.29. The molecular formula is C11H14FNO. The van der Waals surface area contributed by atoms with Gasteiger partial charge in [-0.05, 0) is 19.1 Å². The Balaban J connectivity index is 3.17. The minimum atomic E-state index is -0.258. The molecule has 0 unspecified atom stereocenters. The van der Waals surface area contributed by atoms with Crippen molar-refractivity contribution in [1.29, 1.82) is 0 Å². The first-order chi connectivity index (χ1) is 6.70. The van der Waals surface area contributed by atoms with Crippen LogP contribution < -0.4 is 10.5 Å². The summed E-state index contributed by atoms with van der Waals surface area (Å²) >= 11 is 0. The van der Waals surface area contributed by atoms with E-state index in [1.807, 2.05) is 6.08 Å². The summed E-state index contributed by atoms with van der Waals surface area (Å²) in [5, 5.41) is 0. The highest BCUT2D eigenvalue weighted by Crippen LogP contribution is 2.26. The van der Waals surface area contributed by atoms with E-state index in [0.29, 0.717) is 17.9 Å². The highest BCUT2D eigenvalue weighted by atomic mass is 19.1. The van der Waals surface area contributed by atoms with Gasteiger partial charge in [0.2, 0.25) is 0 Å². The van der Waals surface area contributed by atoms with Gasteiger partial charge in [-0.1, -0.05) is 12.2 Å². The molecule has 0 atom stereocenters. The predicted octanol–water partition coefficient (Wildman–Crippen LogP) is 2.11. The number of methoxy groups -OCH3 is 1. The third-order valence-corrected chi connectivity index (χ3v) is 2.01. The largest absolute Gasteiger partial charge is 0.496 e. The number of nitrogens with two attached hydrogens (primary N) is 1. The van der Waals surface area contributed by atoms with E-state index in [2.05, 4.69) is 0 Å². The molecule has 76 valence electrons. The molecule has 1 aromatic carbocycles. The molecule has 2 nitrogen and oxygen atoms in total. The molecule has 14 heavy (non-hydrogen) atoms. The molecule has 0 saturated heterocycles. The van der Waals surface area contributed by atoms with Crippen LogP contribution in [0.4, 0.5) is 4.39 Å². The van der Waals surface area contributed by atoms with Gasteiger partial charge in [0.15, 0.2) is 0 Å². The van der Waals surface area contributed by atoms with E-state index < -0.39 is 0 Å². The van der Waals surface area contributed by atoms with Gasteiger partial charge in [0, 0.05) is 17.7 Å². The Morgan fingerprint density at radius 1 is 1.50 bits per heavy atom. The summed E-state index contributed by atoms with van der Waals surface area (Å²) in [6.07, 6.45) is 3.63. The van der Waals surface area contributed by atoms with Crippen molar-refractivity contribution in [3.8, 4) is 5.75 Å². The van der Waals surface area contributed by atoms with Crippen LogP contribution in [0.15, 0.2) is 18.2 Å². The second-order valence-electron chi connectivity index (χ2n) is 2.93. The number of halogens is 1. The van der Waals surface area contributed by atoms with Crippen LogP contribution in [0.5, 0.6) is 5.75 Å². The lowest BCUT2D eigenvalue weighted by Crippen LogP contribution is -1.95. The maximum Gasteiger partial charge on any atom is 0.131 e. The lowest BCUT2D eigenvalue weighted by Gasteiger charge is -2.08. The zero-order valence-electron chi connectivity index (χ0n) is 8.38. The zero-order valence-corrected chi connectivity index (χ0v) is 8.38. The van der Waals surface area contributed by atoms with Crippen LogP contribution in [0.3, 0.4) is 0 Å². The minimum absolute atomic E-state index is 0.258. The van der Waals surface area contributed by atoms with E-state index in [4.69, 9.17) is 10.5 Å². The van der Waals surface area contributed by atoms with Crippen LogP contribution in [0, 0.1) is 12.7 Å². The smallest absolute Gasteiger partial charge is 0.131 e. The molecule has 0 aliphatic rings. The molecule has 0 radical (unpaired) electrons. The summed E-state index contributed by atoms with van der Waals surface area (Å²) in [7, 11) is 1.53. The third-order valence-electron chi connectivity index (χ3n) is 2.01. The Morgan fingerprint density at radius 3 is 2.79 bits per heavy atom. The Hall–Kier alpha value is -1.35. The molecule has 3 heteroatoms. The predicted molar refractivity (Wildman–Crippen MR) is 55.8 cm³/mol. The average molecular weight is 195 g/mol. The van der Waals surface area contributed by atoms with E-state index in [9.17, 15) is 4.39 Å². The Morgan fingerprint density at radius 2 is 2.21 bits per heavy atom. The molecule has 0 aliphatic carbocycles. The number of ether oxygens (including phenoxy) is 1. The number of rotatable bonds is 3. The number of hydrogen-bond acceptors (Lipinski definition) is 2. The summed E-state index contributed by atoms with van der Waals surface area (Å²) < 4.78 is 18.3. The van der Waals surface area contributed by atoms with Crippen LogP contribution in [-0.2, 0) is 0 Å². The van der Waals surface area contributed by atoms with Gasteiger partial charge in [0.1, 0.15) is 11.6 Å². The first-order valence-corrected chi connectivity index (χ1v) is 4.40. The molecule has 0 fully saturated rings. The van der Waals surface area contributed by atoms with E-state index in [0.717, 1.165) is 5.56 Å². The second kappa shape index (κ2) is 4.77. The molecule has 0 aliphatic heterocycles. The maximum absolute atomic E-state index is 13.1. The van der Waals surface area contributed by atoms with Crippen LogP contribution in [0.2, 0.25) is 0 Å². The van der Waals surface area contributed by atoms with Crippen molar-refractivity contribution >= 4 is 6.08 Å². The molecule has 0 saturated carbocycles.